The van der Waals surface area contributed by atoms with Gasteiger partial charge in [-0.15, -0.1) is 0 Å². The Bertz CT molecular complexity index is 1360. The Morgan fingerprint density at radius 2 is 1.97 bits per heavy atom. The first-order valence-corrected chi connectivity index (χ1v) is 12.7. The number of anilines is 2. The van der Waals surface area contributed by atoms with Gasteiger partial charge in [-0.2, -0.15) is 0 Å². The Kier molecular flexibility index (Phi) is 7.72. The van der Waals surface area contributed by atoms with E-state index >= 15 is 0 Å². The quantitative estimate of drug-likeness (QED) is 0.195. The number of thioether (sulfide) groups is 1. The van der Waals surface area contributed by atoms with Crippen molar-refractivity contribution in [2.24, 2.45) is 0 Å². The summed E-state index contributed by atoms with van der Waals surface area (Å²) >= 11 is 8.60. The predicted octanol–water partition coefficient (Wildman–Crippen LogP) is 6.19. The molecule has 0 atom stereocenters. The molecule has 0 aromatic heterocycles. The number of nitrogens with one attached hydrogen (secondary N) is 1. The van der Waals surface area contributed by atoms with Crippen molar-refractivity contribution < 1.29 is 23.8 Å². The summed E-state index contributed by atoms with van der Waals surface area (Å²) in [6, 6.07) is 15.4. The number of halogens is 2. The summed E-state index contributed by atoms with van der Waals surface area (Å²) in [5.74, 6) is -0.740. The van der Waals surface area contributed by atoms with E-state index in [1.54, 1.807) is 42.5 Å². The number of thiocarbonyl (C=S) groups is 1. The van der Waals surface area contributed by atoms with E-state index in [0.29, 0.717) is 47.7 Å². The molecule has 0 aliphatic carbocycles. The standard InChI is InChI=1S/C25H18FIN2O4S2/c1-2-33-20-11-14(10-19(27)22(20)30)12-21-24(32)29(25(34)35-21)18-5-3-4-15(13-18)23(31)28-17-8-6-16(26)7-9-17/h3-13,30H,2H2,1H3,(H,28,31)/b21-12+. The van der Waals surface area contributed by atoms with Crippen LogP contribution in [-0.4, -0.2) is 27.8 Å². The average Bonchev–Trinajstić information content (AvgIpc) is 3.11. The minimum atomic E-state index is -0.401. The first kappa shape index (κ1) is 25.1. The molecule has 0 spiro atoms. The van der Waals surface area contributed by atoms with Gasteiger partial charge in [0.1, 0.15) is 5.82 Å². The minimum absolute atomic E-state index is 0.0490. The molecule has 10 heteroatoms. The Hall–Kier alpha value is -2.96. The van der Waals surface area contributed by atoms with E-state index in [9.17, 15) is 19.1 Å². The van der Waals surface area contributed by atoms with Crippen molar-refractivity contribution in [1.29, 1.82) is 0 Å². The second kappa shape index (κ2) is 10.8. The van der Waals surface area contributed by atoms with Gasteiger partial charge in [0.25, 0.3) is 11.8 Å². The van der Waals surface area contributed by atoms with E-state index < -0.39 is 11.7 Å². The van der Waals surface area contributed by atoms with E-state index in [-0.39, 0.29) is 11.7 Å². The molecule has 178 valence electrons. The fourth-order valence-electron chi connectivity index (χ4n) is 3.31. The topological polar surface area (TPSA) is 78.9 Å². The summed E-state index contributed by atoms with van der Waals surface area (Å²) in [6.45, 7) is 2.21. The fraction of sp³-hybridized carbons (Fsp3) is 0.0800. The van der Waals surface area contributed by atoms with Crippen LogP contribution in [0.2, 0.25) is 0 Å². The van der Waals surface area contributed by atoms with Gasteiger partial charge in [-0.1, -0.05) is 30.0 Å². The van der Waals surface area contributed by atoms with E-state index in [0.717, 1.165) is 11.8 Å². The summed E-state index contributed by atoms with van der Waals surface area (Å²) < 4.78 is 19.5. The number of phenolic OH excluding ortho intramolecular Hbond substituents is 1. The van der Waals surface area contributed by atoms with E-state index in [1.807, 2.05) is 29.5 Å². The first-order valence-electron chi connectivity index (χ1n) is 10.4. The summed E-state index contributed by atoms with van der Waals surface area (Å²) in [5.41, 5.74) is 1.91. The number of nitrogens with zero attached hydrogens (tertiary/aromatic N) is 1. The first-order chi connectivity index (χ1) is 16.8. The van der Waals surface area contributed by atoms with Crippen molar-refractivity contribution in [2.45, 2.75) is 6.92 Å². The van der Waals surface area contributed by atoms with Gasteiger partial charge in [0.2, 0.25) is 0 Å². The highest BCUT2D eigenvalue weighted by molar-refractivity contribution is 14.1. The minimum Gasteiger partial charge on any atom is -0.504 e. The fourth-order valence-corrected chi connectivity index (χ4v) is 5.23. The molecule has 1 fully saturated rings. The number of carbonyl (C=O) groups excluding carboxylic acids is 2. The van der Waals surface area contributed by atoms with Crippen LogP contribution in [0.5, 0.6) is 11.5 Å². The van der Waals surface area contributed by atoms with Gasteiger partial charge in [-0.25, -0.2) is 4.39 Å². The molecular formula is C25H18FIN2O4S2. The third-order valence-corrected chi connectivity index (χ3v) is 7.04. The monoisotopic (exact) mass is 620 g/mol. The van der Waals surface area contributed by atoms with Crippen molar-refractivity contribution in [1.82, 2.24) is 0 Å². The second-order valence-electron chi connectivity index (χ2n) is 7.31. The third kappa shape index (κ3) is 5.65. The number of aromatic hydroxyl groups is 1. The Balaban J connectivity index is 1.58. The van der Waals surface area contributed by atoms with Gasteiger partial charge < -0.3 is 15.2 Å². The molecular weight excluding hydrogens is 602 g/mol. The zero-order valence-corrected chi connectivity index (χ0v) is 22.0. The van der Waals surface area contributed by atoms with Crippen LogP contribution in [0.4, 0.5) is 15.8 Å². The molecule has 0 unspecified atom stereocenters. The van der Waals surface area contributed by atoms with E-state index in [1.165, 1.54) is 29.2 Å². The molecule has 35 heavy (non-hydrogen) atoms. The van der Waals surface area contributed by atoms with Gasteiger partial charge in [0, 0.05) is 11.3 Å². The predicted molar refractivity (Wildman–Crippen MR) is 148 cm³/mol. The van der Waals surface area contributed by atoms with Crippen LogP contribution < -0.4 is 15.0 Å². The molecule has 1 aliphatic rings. The van der Waals surface area contributed by atoms with Gasteiger partial charge in [-0.05, 0) is 95.8 Å². The lowest BCUT2D eigenvalue weighted by Gasteiger charge is -2.15. The molecule has 6 nitrogen and oxygen atoms in total. The van der Waals surface area contributed by atoms with Gasteiger partial charge in [0.15, 0.2) is 15.8 Å². The van der Waals surface area contributed by atoms with E-state index in [4.69, 9.17) is 17.0 Å². The van der Waals surface area contributed by atoms with Gasteiger partial charge in [0.05, 0.1) is 20.8 Å². The van der Waals surface area contributed by atoms with E-state index in [2.05, 4.69) is 5.32 Å². The summed E-state index contributed by atoms with van der Waals surface area (Å²) in [7, 11) is 0. The van der Waals surface area contributed by atoms with Crippen LogP contribution in [-0.2, 0) is 4.79 Å². The summed E-state index contributed by atoms with van der Waals surface area (Å²) in [5, 5.41) is 12.9. The maximum atomic E-state index is 13.2. The molecule has 0 radical (unpaired) electrons. The van der Waals surface area contributed by atoms with Crippen LogP contribution >= 0.6 is 46.6 Å². The largest absolute Gasteiger partial charge is 0.504 e. The van der Waals surface area contributed by atoms with Crippen LogP contribution in [0.3, 0.4) is 0 Å². The number of benzene rings is 3. The lowest BCUT2D eigenvalue weighted by atomic mass is 10.1. The lowest BCUT2D eigenvalue weighted by molar-refractivity contribution is -0.113. The molecule has 2 amide bonds. The number of hydrogen-bond acceptors (Lipinski definition) is 6. The van der Waals surface area contributed by atoms with Crippen LogP contribution in [0.1, 0.15) is 22.8 Å². The summed E-state index contributed by atoms with van der Waals surface area (Å²) in [4.78, 5) is 27.7. The number of carbonyl (C=O) groups is 2. The van der Waals surface area contributed by atoms with Crippen LogP contribution in [0.15, 0.2) is 65.6 Å². The van der Waals surface area contributed by atoms with Crippen molar-refractivity contribution >= 4 is 80.2 Å². The van der Waals surface area contributed by atoms with Gasteiger partial charge in [-0.3, -0.25) is 14.5 Å². The Labute approximate surface area is 224 Å². The molecule has 3 aromatic carbocycles. The highest BCUT2D eigenvalue weighted by atomic mass is 127. The normalized spacial score (nSPS) is 14.5. The SMILES string of the molecule is CCOc1cc(/C=C2/SC(=S)N(c3cccc(C(=O)Nc4ccc(F)cc4)c3)C2=O)cc(I)c1O. The maximum Gasteiger partial charge on any atom is 0.270 e. The molecule has 2 N–H and O–H groups in total. The number of hydrogen-bond donors (Lipinski definition) is 2. The van der Waals surface area contributed by atoms with Crippen molar-refractivity contribution in [3.63, 3.8) is 0 Å². The Morgan fingerprint density at radius 3 is 2.69 bits per heavy atom. The average molecular weight is 620 g/mol. The number of phenols is 1. The highest BCUT2D eigenvalue weighted by Gasteiger charge is 2.33. The molecule has 0 saturated carbocycles. The number of amides is 2. The zero-order valence-electron chi connectivity index (χ0n) is 18.2. The second-order valence-corrected chi connectivity index (χ2v) is 10.1. The lowest BCUT2D eigenvalue weighted by Crippen LogP contribution is -2.27. The number of rotatable bonds is 6. The zero-order chi connectivity index (χ0) is 25.1. The highest BCUT2D eigenvalue weighted by Crippen LogP contribution is 2.38. The Morgan fingerprint density at radius 1 is 1.23 bits per heavy atom. The maximum absolute atomic E-state index is 13.2. The smallest absolute Gasteiger partial charge is 0.270 e. The van der Waals surface area contributed by atoms with Crippen molar-refractivity contribution in [3.8, 4) is 11.5 Å². The molecule has 4 rings (SSSR count). The molecule has 1 aliphatic heterocycles. The van der Waals surface area contributed by atoms with Crippen LogP contribution in [0.25, 0.3) is 6.08 Å². The van der Waals surface area contributed by atoms with Crippen molar-refractivity contribution in [3.05, 3.63) is 86.1 Å². The number of ether oxygens (including phenoxy) is 1. The molecule has 3 aromatic rings. The van der Waals surface area contributed by atoms with Gasteiger partial charge >= 0.3 is 0 Å². The molecule has 1 heterocycles. The summed E-state index contributed by atoms with van der Waals surface area (Å²) in [6.07, 6.45) is 1.69. The molecule has 0 bridgehead atoms. The molecule has 1 saturated heterocycles. The van der Waals surface area contributed by atoms with Crippen LogP contribution in [0, 0.1) is 9.39 Å². The third-order valence-electron chi connectivity index (χ3n) is 4.91. The van der Waals surface area contributed by atoms with Crippen molar-refractivity contribution in [2.75, 3.05) is 16.8 Å².